The fourth-order valence-electron chi connectivity index (χ4n) is 2.46. The molecule has 0 aliphatic carbocycles. The van der Waals surface area contributed by atoms with Gasteiger partial charge in [-0.2, -0.15) is 0 Å². The smallest absolute Gasteiger partial charge is 0.339 e. The van der Waals surface area contributed by atoms with Gasteiger partial charge in [0.25, 0.3) is 5.91 Å². The van der Waals surface area contributed by atoms with Gasteiger partial charge in [0.05, 0.1) is 6.54 Å². The Balaban J connectivity index is 1.91. The van der Waals surface area contributed by atoms with Crippen LogP contribution in [0.5, 0.6) is 5.75 Å². The molecule has 6 nitrogen and oxygen atoms in total. The molecule has 140 valence electrons. The number of likely N-dealkylation sites (N-methyl/N-ethyl adjacent to an activating group) is 1. The molecular weight excluding hydrogens is 334 g/mol. The summed E-state index contributed by atoms with van der Waals surface area (Å²) in [6, 6.07) is 9.12. The number of carbonyl (C=O) groups excluding carboxylic acids is 1. The summed E-state index contributed by atoms with van der Waals surface area (Å²) in [4.78, 5) is 24.7. The number of ether oxygens (including phenoxy) is 1. The zero-order valence-corrected chi connectivity index (χ0v) is 15.8. The van der Waals surface area contributed by atoms with Crippen LogP contribution in [0.15, 0.2) is 34.7 Å². The zero-order valence-electron chi connectivity index (χ0n) is 15.8. The summed E-state index contributed by atoms with van der Waals surface area (Å²) < 4.78 is 10.9. The van der Waals surface area contributed by atoms with Crippen LogP contribution in [-0.2, 0) is 16.8 Å². The highest BCUT2D eigenvalue weighted by Crippen LogP contribution is 2.24. The number of benzene rings is 1. The lowest BCUT2D eigenvalue weighted by Gasteiger charge is -2.19. The Morgan fingerprint density at radius 2 is 1.81 bits per heavy atom. The van der Waals surface area contributed by atoms with E-state index in [4.69, 9.17) is 14.3 Å². The highest BCUT2D eigenvalue weighted by molar-refractivity contribution is 5.88. The lowest BCUT2D eigenvalue weighted by molar-refractivity contribution is -0.132. The number of nitrogens with zero attached hydrogens (tertiary/aromatic N) is 1. The molecule has 1 heterocycles. The van der Waals surface area contributed by atoms with E-state index in [9.17, 15) is 9.59 Å². The molecule has 0 radical (unpaired) electrons. The monoisotopic (exact) mass is 359 g/mol. The second-order valence-corrected chi connectivity index (χ2v) is 7.30. The average Bonchev–Trinajstić information content (AvgIpc) is 2.92. The van der Waals surface area contributed by atoms with E-state index < -0.39 is 5.97 Å². The number of amides is 1. The third kappa shape index (κ3) is 4.88. The third-order valence-electron chi connectivity index (χ3n) is 4.10. The highest BCUT2D eigenvalue weighted by Gasteiger charge is 2.17. The minimum absolute atomic E-state index is 0.0601. The van der Waals surface area contributed by atoms with Crippen LogP contribution < -0.4 is 4.74 Å². The molecule has 0 saturated heterocycles. The molecule has 2 rings (SSSR count). The number of aromatic carboxylic acids is 1. The maximum atomic E-state index is 12.2. The van der Waals surface area contributed by atoms with Gasteiger partial charge >= 0.3 is 5.97 Å². The molecule has 1 amide bonds. The van der Waals surface area contributed by atoms with Crippen molar-refractivity contribution in [1.29, 1.82) is 0 Å². The number of aryl methyl sites for hydroxylation is 1. The van der Waals surface area contributed by atoms with Crippen LogP contribution in [0.2, 0.25) is 0 Å². The summed E-state index contributed by atoms with van der Waals surface area (Å²) in [5.74, 6) is 0.0971. The van der Waals surface area contributed by atoms with E-state index in [2.05, 4.69) is 20.8 Å². The summed E-state index contributed by atoms with van der Waals surface area (Å²) in [6.45, 7) is 8.06. The van der Waals surface area contributed by atoms with Gasteiger partial charge < -0.3 is 19.2 Å². The van der Waals surface area contributed by atoms with Crippen LogP contribution in [-0.4, -0.2) is 35.5 Å². The van der Waals surface area contributed by atoms with Crippen molar-refractivity contribution in [3.8, 4) is 5.75 Å². The SMILES string of the molecule is Cc1oc(CN(C)C(=O)COc2ccc(C(C)(C)C)cc2)cc1C(=O)O. The van der Waals surface area contributed by atoms with Crippen molar-refractivity contribution < 1.29 is 23.8 Å². The van der Waals surface area contributed by atoms with E-state index in [1.54, 1.807) is 14.0 Å². The van der Waals surface area contributed by atoms with E-state index in [1.807, 2.05) is 24.3 Å². The van der Waals surface area contributed by atoms with E-state index in [-0.39, 0.29) is 30.0 Å². The molecule has 0 unspecified atom stereocenters. The lowest BCUT2D eigenvalue weighted by atomic mass is 9.87. The predicted octanol–water partition coefficient (Wildman–Crippen LogP) is 3.62. The minimum atomic E-state index is -1.05. The second kappa shape index (κ2) is 7.64. The largest absolute Gasteiger partial charge is 0.484 e. The summed E-state index contributed by atoms with van der Waals surface area (Å²) in [6.07, 6.45) is 0. The van der Waals surface area contributed by atoms with Crippen LogP contribution in [0.25, 0.3) is 0 Å². The number of carboxylic acids is 1. The van der Waals surface area contributed by atoms with Crippen LogP contribution in [0.4, 0.5) is 0 Å². The molecule has 0 fully saturated rings. The van der Waals surface area contributed by atoms with Gasteiger partial charge in [-0.15, -0.1) is 0 Å². The molecule has 0 atom stereocenters. The standard InChI is InChI=1S/C20H25NO5/c1-13-17(19(23)24)10-16(26-13)11-21(5)18(22)12-25-15-8-6-14(7-9-15)20(2,3)4/h6-10H,11-12H2,1-5H3,(H,23,24). The van der Waals surface area contributed by atoms with Crippen LogP contribution in [0.3, 0.4) is 0 Å². The van der Waals surface area contributed by atoms with Crippen molar-refractivity contribution in [3.63, 3.8) is 0 Å². The van der Waals surface area contributed by atoms with Gasteiger partial charge in [-0.3, -0.25) is 4.79 Å². The first-order valence-electron chi connectivity index (χ1n) is 8.38. The fourth-order valence-corrected chi connectivity index (χ4v) is 2.46. The Kier molecular flexibility index (Phi) is 5.75. The second-order valence-electron chi connectivity index (χ2n) is 7.30. The van der Waals surface area contributed by atoms with Crippen molar-refractivity contribution >= 4 is 11.9 Å². The lowest BCUT2D eigenvalue weighted by Crippen LogP contribution is -2.30. The molecule has 6 heteroatoms. The molecule has 0 aliphatic heterocycles. The Hall–Kier alpha value is -2.76. The van der Waals surface area contributed by atoms with Crippen molar-refractivity contribution in [1.82, 2.24) is 4.90 Å². The number of carboxylic acid groups (broad SMARTS) is 1. The summed E-state index contributed by atoms with van der Waals surface area (Å²) in [5.41, 5.74) is 1.36. The van der Waals surface area contributed by atoms with Gasteiger partial charge in [0.2, 0.25) is 0 Å². The zero-order chi connectivity index (χ0) is 19.5. The van der Waals surface area contributed by atoms with Crippen LogP contribution in [0, 0.1) is 6.92 Å². The van der Waals surface area contributed by atoms with Gasteiger partial charge in [-0.1, -0.05) is 32.9 Å². The Labute approximate surface area is 153 Å². The van der Waals surface area contributed by atoms with Crippen molar-refractivity contribution in [3.05, 3.63) is 53.0 Å². The molecule has 2 aromatic rings. The van der Waals surface area contributed by atoms with Gasteiger partial charge in [0, 0.05) is 7.05 Å². The van der Waals surface area contributed by atoms with Gasteiger partial charge in [0.1, 0.15) is 22.8 Å². The average molecular weight is 359 g/mol. The first-order chi connectivity index (χ1) is 12.1. The first-order valence-corrected chi connectivity index (χ1v) is 8.38. The molecular formula is C20H25NO5. The maximum Gasteiger partial charge on any atom is 0.339 e. The number of carbonyl (C=O) groups is 2. The van der Waals surface area contributed by atoms with E-state index in [1.165, 1.54) is 16.5 Å². The van der Waals surface area contributed by atoms with Crippen LogP contribution in [0.1, 0.15) is 48.2 Å². The number of rotatable bonds is 6. The molecule has 26 heavy (non-hydrogen) atoms. The highest BCUT2D eigenvalue weighted by atomic mass is 16.5. The van der Waals surface area contributed by atoms with Gasteiger partial charge in [-0.05, 0) is 36.1 Å². The quantitative estimate of drug-likeness (QED) is 0.852. The first kappa shape index (κ1) is 19.6. The van der Waals surface area contributed by atoms with E-state index >= 15 is 0 Å². The third-order valence-corrected chi connectivity index (χ3v) is 4.10. The molecule has 1 aromatic carbocycles. The summed E-state index contributed by atoms with van der Waals surface area (Å²) >= 11 is 0. The summed E-state index contributed by atoms with van der Waals surface area (Å²) in [7, 11) is 1.62. The molecule has 0 aliphatic rings. The fraction of sp³-hybridized carbons (Fsp3) is 0.400. The number of furan rings is 1. The topological polar surface area (TPSA) is 80.0 Å². The molecule has 1 aromatic heterocycles. The predicted molar refractivity (Wildman–Crippen MR) is 97.5 cm³/mol. The Morgan fingerprint density at radius 3 is 2.31 bits per heavy atom. The normalized spacial score (nSPS) is 11.3. The van der Waals surface area contributed by atoms with Gasteiger partial charge in [0.15, 0.2) is 6.61 Å². The minimum Gasteiger partial charge on any atom is -0.484 e. The maximum absolute atomic E-state index is 12.2. The number of hydrogen-bond donors (Lipinski definition) is 1. The van der Waals surface area contributed by atoms with Crippen molar-refractivity contribution in [2.75, 3.05) is 13.7 Å². The van der Waals surface area contributed by atoms with Crippen LogP contribution >= 0.6 is 0 Å². The van der Waals surface area contributed by atoms with E-state index in [0.717, 1.165) is 0 Å². The van der Waals surface area contributed by atoms with E-state index in [0.29, 0.717) is 17.3 Å². The summed E-state index contributed by atoms with van der Waals surface area (Å²) in [5, 5.41) is 9.04. The number of hydrogen-bond acceptors (Lipinski definition) is 4. The van der Waals surface area contributed by atoms with Crippen molar-refractivity contribution in [2.24, 2.45) is 0 Å². The Morgan fingerprint density at radius 1 is 1.19 bits per heavy atom. The molecule has 0 spiro atoms. The molecule has 1 N–H and O–H groups in total. The van der Waals surface area contributed by atoms with Gasteiger partial charge in [-0.25, -0.2) is 4.79 Å². The molecule has 0 saturated carbocycles. The molecule has 0 bridgehead atoms. The van der Waals surface area contributed by atoms with Crippen molar-refractivity contribution in [2.45, 2.75) is 39.7 Å². The Bertz CT molecular complexity index is 784.